The highest BCUT2D eigenvalue weighted by Gasteiger charge is 2.06. The first kappa shape index (κ1) is 9.36. The molecule has 0 aliphatic carbocycles. The summed E-state index contributed by atoms with van der Waals surface area (Å²) in [6.07, 6.45) is 0.350. The van der Waals surface area contributed by atoms with Crippen LogP contribution in [0.5, 0.6) is 0 Å². The van der Waals surface area contributed by atoms with Gasteiger partial charge >= 0.3 is 5.97 Å². The zero-order valence-corrected chi connectivity index (χ0v) is 6.78. The Kier molecular flexibility index (Phi) is 3.12. The predicted octanol–water partition coefficient (Wildman–Crippen LogP) is 0.712. The van der Waals surface area contributed by atoms with Crippen LogP contribution in [-0.2, 0) is 0 Å². The number of carboxylic acids is 1. The summed E-state index contributed by atoms with van der Waals surface area (Å²) in [4.78, 5) is 10.4. The van der Waals surface area contributed by atoms with Gasteiger partial charge in [-0.25, -0.2) is 4.79 Å². The summed E-state index contributed by atoms with van der Waals surface area (Å²) in [7, 11) is 0. The van der Waals surface area contributed by atoms with Crippen LogP contribution in [0, 0.1) is 11.8 Å². The van der Waals surface area contributed by atoms with Crippen LogP contribution in [0.3, 0.4) is 0 Å². The lowest BCUT2D eigenvalue weighted by Crippen LogP contribution is -1.91. The van der Waals surface area contributed by atoms with Gasteiger partial charge in [0, 0.05) is 6.42 Å². The summed E-state index contributed by atoms with van der Waals surface area (Å²) in [5, 5.41) is 16.9. The van der Waals surface area contributed by atoms with Gasteiger partial charge in [0.15, 0.2) is 5.76 Å². The van der Waals surface area contributed by atoms with E-state index in [-0.39, 0.29) is 12.4 Å². The van der Waals surface area contributed by atoms with Crippen molar-refractivity contribution >= 4 is 5.97 Å². The van der Waals surface area contributed by atoms with Crippen LogP contribution in [0.25, 0.3) is 0 Å². The zero-order valence-electron chi connectivity index (χ0n) is 6.78. The third kappa shape index (κ3) is 2.65. The SMILES string of the molecule is O=C(O)c1ccc(C#CCCO)o1. The molecule has 0 aliphatic heterocycles. The molecular weight excluding hydrogens is 172 g/mol. The second kappa shape index (κ2) is 4.33. The molecule has 2 N–H and O–H groups in total. The molecule has 13 heavy (non-hydrogen) atoms. The van der Waals surface area contributed by atoms with Crippen molar-refractivity contribution in [3.8, 4) is 11.8 Å². The van der Waals surface area contributed by atoms with Crippen molar-refractivity contribution in [2.24, 2.45) is 0 Å². The summed E-state index contributed by atoms with van der Waals surface area (Å²) in [5.74, 6) is 4.25. The van der Waals surface area contributed by atoms with E-state index in [1.54, 1.807) is 0 Å². The maximum absolute atomic E-state index is 10.4. The van der Waals surface area contributed by atoms with E-state index in [0.717, 1.165) is 0 Å². The standard InChI is InChI=1S/C9H8O4/c10-6-2-1-3-7-4-5-8(13-7)9(11)12/h4-5,10H,2,6H2,(H,11,12). The molecule has 1 aromatic heterocycles. The Morgan fingerprint density at radius 3 is 2.85 bits per heavy atom. The van der Waals surface area contributed by atoms with Crippen molar-refractivity contribution in [3.05, 3.63) is 23.7 Å². The first-order chi connectivity index (χ1) is 6.24. The molecule has 1 aromatic rings. The van der Waals surface area contributed by atoms with Crippen molar-refractivity contribution in [1.82, 2.24) is 0 Å². The summed E-state index contributed by atoms with van der Waals surface area (Å²) >= 11 is 0. The number of furan rings is 1. The van der Waals surface area contributed by atoms with Gasteiger partial charge in [0.25, 0.3) is 0 Å². The zero-order chi connectivity index (χ0) is 9.68. The summed E-state index contributed by atoms with van der Waals surface area (Å²) in [6, 6.07) is 2.82. The molecule has 0 spiro atoms. The first-order valence-corrected chi connectivity index (χ1v) is 3.67. The molecule has 0 bridgehead atoms. The Morgan fingerprint density at radius 1 is 1.54 bits per heavy atom. The summed E-state index contributed by atoms with van der Waals surface area (Å²) < 4.78 is 4.84. The van der Waals surface area contributed by atoms with Gasteiger partial charge in [-0.15, -0.1) is 0 Å². The molecule has 68 valence electrons. The van der Waals surface area contributed by atoms with Gasteiger partial charge in [-0.05, 0) is 18.1 Å². The average Bonchev–Trinajstić information content (AvgIpc) is 2.53. The Labute approximate surface area is 74.8 Å². The molecule has 0 aliphatic rings. The highest BCUT2D eigenvalue weighted by atomic mass is 16.4. The van der Waals surface area contributed by atoms with Crippen molar-refractivity contribution < 1.29 is 19.4 Å². The van der Waals surface area contributed by atoms with E-state index in [0.29, 0.717) is 12.2 Å². The monoisotopic (exact) mass is 180 g/mol. The minimum Gasteiger partial charge on any atom is -0.475 e. The lowest BCUT2D eigenvalue weighted by atomic mass is 10.4. The van der Waals surface area contributed by atoms with Crippen molar-refractivity contribution in [1.29, 1.82) is 0 Å². The largest absolute Gasteiger partial charge is 0.475 e. The van der Waals surface area contributed by atoms with Crippen LogP contribution >= 0.6 is 0 Å². The van der Waals surface area contributed by atoms with Crippen LogP contribution in [0.4, 0.5) is 0 Å². The number of aliphatic hydroxyl groups excluding tert-OH is 1. The van der Waals surface area contributed by atoms with Crippen LogP contribution in [-0.4, -0.2) is 22.8 Å². The summed E-state index contributed by atoms with van der Waals surface area (Å²) in [6.45, 7) is -0.0144. The van der Waals surface area contributed by atoms with Gasteiger partial charge in [-0.1, -0.05) is 5.92 Å². The Hall–Kier alpha value is -1.73. The van der Waals surface area contributed by atoms with Crippen molar-refractivity contribution in [2.75, 3.05) is 6.61 Å². The summed E-state index contributed by atoms with van der Waals surface area (Å²) in [5.41, 5.74) is 0. The fraction of sp³-hybridized carbons (Fsp3) is 0.222. The molecule has 0 aromatic carbocycles. The number of carboxylic acid groups (broad SMARTS) is 1. The number of aromatic carboxylic acids is 1. The average molecular weight is 180 g/mol. The topological polar surface area (TPSA) is 70.7 Å². The predicted molar refractivity (Wildman–Crippen MR) is 44.2 cm³/mol. The number of hydrogen-bond donors (Lipinski definition) is 2. The normalized spacial score (nSPS) is 9.00. The Morgan fingerprint density at radius 2 is 2.31 bits per heavy atom. The van der Waals surface area contributed by atoms with Gasteiger partial charge in [0.05, 0.1) is 6.61 Å². The van der Waals surface area contributed by atoms with E-state index >= 15 is 0 Å². The molecule has 0 saturated carbocycles. The fourth-order valence-corrected chi connectivity index (χ4v) is 0.726. The minimum atomic E-state index is -1.12. The number of carbonyl (C=O) groups is 1. The van der Waals surface area contributed by atoms with Crippen LogP contribution < -0.4 is 0 Å². The van der Waals surface area contributed by atoms with Gasteiger partial charge in [-0.3, -0.25) is 0 Å². The molecular formula is C9H8O4. The van der Waals surface area contributed by atoms with E-state index in [1.807, 2.05) is 0 Å². The van der Waals surface area contributed by atoms with E-state index < -0.39 is 5.97 Å². The van der Waals surface area contributed by atoms with Crippen molar-refractivity contribution in [3.63, 3.8) is 0 Å². The van der Waals surface area contributed by atoms with Gasteiger partial charge in [-0.2, -0.15) is 0 Å². The first-order valence-electron chi connectivity index (χ1n) is 3.67. The molecule has 0 fully saturated rings. The smallest absolute Gasteiger partial charge is 0.371 e. The number of hydrogen-bond acceptors (Lipinski definition) is 3. The maximum Gasteiger partial charge on any atom is 0.371 e. The molecule has 1 rings (SSSR count). The van der Waals surface area contributed by atoms with Gasteiger partial charge in [0.1, 0.15) is 0 Å². The van der Waals surface area contributed by atoms with E-state index in [2.05, 4.69) is 11.8 Å². The quantitative estimate of drug-likeness (QED) is 0.657. The Bertz CT molecular complexity index is 353. The molecule has 0 radical (unpaired) electrons. The van der Waals surface area contributed by atoms with E-state index in [9.17, 15) is 4.79 Å². The third-order valence-corrected chi connectivity index (χ3v) is 1.27. The Balaban J connectivity index is 2.71. The fourth-order valence-electron chi connectivity index (χ4n) is 0.726. The lowest BCUT2D eigenvalue weighted by Gasteiger charge is -1.83. The molecule has 4 nitrogen and oxygen atoms in total. The maximum atomic E-state index is 10.4. The molecule has 0 unspecified atom stereocenters. The lowest BCUT2D eigenvalue weighted by molar-refractivity contribution is 0.0662. The van der Waals surface area contributed by atoms with Crippen LogP contribution in [0.15, 0.2) is 16.5 Å². The third-order valence-electron chi connectivity index (χ3n) is 1.27. The van der Waals surface area contributed by atoms with E-state index in [4.69, 9.17) is 14.6 Å². The second-order valence-corrected chi connectivity index (χ2v) is 2.24. The van der Waals surface area contributed by atoms with E-state index in [1.165, 1.54) is 12.1 Å². The highest BCUT2D eigenvalue weighted by Crippen LogP contribution is 2.05. The molecule has 0 amide bonds. The molecule has 1 heterocycles. The van der Waals surface area contributed by atoms with Crippen molar-refractivity contribution in [2.45, 2.75) is 6.42 Å². The van der Waals surface area contributed by atoms with Gasteiger partial charge in [0.2, 0.25) is 5.76 Å². The number of aliphatic hydroxyl groups is 1. The molecule has 4 heteroatoms. The van der Waals surface area contributed by atoms with Crippen LogP contribution in [0.2, 0.25) is 0 Å². The minimum absolute atomic E-state index is 0.0144. The van der Waals surface area contributed by atoms with Crippen LogP contribution in [0.1, 0.15) is 22.7 Å². The highest BCUT2D eigenvalue weighted by molar-refractivity contribution is 5.84. The van der Waals surface area contributed by atoms with Gasteiger partial charge < -0.3 is 14.6 Å². The number of rotatable bonds is 2. The molecule has 0 atom stereocenters. The second-order valence-electron chi connectivity index (χ2n) is 2.24. The molecule has 0 saturated heterocycles.